The van der Waals surface area contributed by atoms with Gasteiger partial charge in [0.15, 0.2) is 0 Å². The van der Waals surface area contributed by atoms with Gasteiger partial charge < -0.3 is 14.4 Å². The third-order valence-electron chi connectivity index (χ3n) is 7.05. The molecule has 1 aliphatic rings. The van der Waals surface area contributed by atoms with Crippen LogP contribution in [-0.2, 0) is 9.47 Å². The van der Waals surface area contributed by atoms with Gasteiger partial charge in [0.2, 0.25) is 0 Å². The van der Waals surface area contributed by atoms with Crippen molar-refractivity contribution in [2.75, 3.05) is 43.2 Å². The van der Waals surface area contributed by atoms with E-state index in [4.69, 9.17) is 14.5 Å². The first-order chi connectivity index (χ1) is 19.2. The SMILES string of the molecule is CN(C(=O)OC(C)(C)C)c1ccc2sc3c(-c4cccn5c(=O)cc(N6CCCOCC6)nc45)cccc3c2c1. The minimum absolute atomic E-state index is 0.106. The molecule has 206 valence electrons. The number of pyridine rings is 1. The van der Waals surface area contributed by atoms with Crippen LogP contribution in [-0.4, -0.2) is 54.4 Å². The number of ether oxygens (including phenoxy) is 2. The zero-order chi connectivity index (χ0) is 28.0. The van der Waals surface area contributed by atoms with Gasteiger partial charge in [0.25, 0.3) is 5.56 Å². The third kappa shape index (κ3) is 4.91. The number of carbonyl (C=O) groups is 1. The molecule has 1 aliphatic heterocycles. The Kier molecular flexibility index (Phi) is 6.72. The zero-order valence-corrected chi connectivity index (χ0v) is 24.0. The highest BCUT2D eigenvalue weighted by atomic mass is 32.1. The molecular formula is C31H32N4O4S. The van der Waals surface area contributed by atoms with Crippen LogP contribution in [0.4, 0.5) is 16.3 Å². The number of amides is 1. The molecule has 0 bridgehead atoms. The highest BCUT2D eigenvalue weighted by Crippen LogP contribution is 2.42. The van der Waals surface area contributed by atoms with Crippen molar-refractivity contribution >= 4 is 54.8 Å². The fourth-order valence-electron chi connectivity index (χ4n) is 5.10. The predicted molar refractivity (Wildman–Crippen MR) is 162 cm³/mol. The Morgan fingerprint density at radius 3 is 2.67 bits per heavy atom. The highest BCUT2D eigenvalue weighted by Gasteiger charge is 2.22. The number of thiophene rings is 1. The Balaban J connectivity index is 1.47. The summed E-state index contributed by atoms with van der Waals surface area (Å²) in [4.78, 5) is 34.6. The third-order valence-corrected chi connectivity index (χ3v) is 8.27. The molecule has 1 amide bonds. The van der Waals surface area contributed by atoms with E-state index in [0.29, 0.717) is 24.6 Å². The quantitative estimate of drug-likeness (QED) is 0.259. The summed E-state index contributed by atoms with van der Waals surface area (Å²) in [6, 6.07) is 17.8. The number of anilines is 2. The minimum atomic E-state index is -0.575. The second-order valence-electron chi connectivity index (χ2n) is 11.0. The summed E-state index contributed by atoms with van der Waals surface area (Å²) in [5, 5.41) is 2.15. The molecule has 3 aromatic heterocycles. The van der Waals surface area contributed by atoms with E-state index in [9.17, 15) is 9.59 Å². The molecule has 0 N–H and O–H groups in total. The van der Waals surface area contributed by atoms with Crippen molar-refractivity contribution in [2.45, 2.75) is 32.8 Å². The summed E-state index contributed by atoms with van der Waals surface area (Å²) in [5.74, 6) is 0.682. The van der Waals surface area contributed by atoms with Crippen molar-refractivity contribution in [1.82, 2.24) is 9.38 Å². The van der Waals surface area contributed by atoms with E-state index in [1.54, 1.807) is 35.0 Å². The number of hydrogen-bond acceptors (Lipinski definition) is 7. The van der Waals surface area contributed by atoms with Crippen molar-refractivity contribution in [3.8, 4) is 11.1 Å². The fraction of sp³-hybridized carbons (Fsp3) is 0.323. The summed E-state index contributed by atoms with van der Waals surface area (Å²) in [6.45, 7) is 8.42. The lowest BCUT2D eigenvalue weighted by molar-refractivity contribution is 0.0589. The molecular weight excluding hydrogens is 524 g/mol. The molecule has 5 aromatic rings. The number of hydrogen-bond donors (Lipinski definition) is 0. The van der Waals surface area contributed by atoms with Crippen molar-refractivity contribution in [2.24, 2.45) is 0 Å². The Bertz CT molecular complexity index is 1800. The second kappa shape index (κ2) is 10.2. The van der Waals surface area contributed by atoms with Crippen molar-refractivity contribution < 1.29 is 14.3 Å². The first-order valence-corrected chi connectivity index (χ1v) is 14.3. The summed E-state index contributed by atoms with van der Waals surface area (Å²) < 4.78 is 15.0. The Labute approximate surface area is 236 Å². The molecule has 0 saturated carbocycles. The molecule has 1 saturated heterocycles. The van der Waals surface area contributed by atoms with E-state index in [1.165, 1.54) is 4.90 Å². The molecule has 8 nitrogen and oxygen atoms in total. The fourth-order valence-corrected chi connectivity index (χ4v) is 6.31. The van der Waals surface area contributed by atoms with Crippen molar-refractivity contribution in [3.05, 3.63) is 71.1 Å². The molecule has 0 spiro atoms. The van der Waals surface area contributed by atoms with Crippen LogP contribution in [0.15, 0.2) is 65.6 Å². The maximum Gasteiger partial charge on any atom is 0.414 e. The van der Waals surface area contributed by atoms with E-state index < -0.39 is 11.7 Å². The molecule has 0 atom stereocenters. The van der Waals surface area contributed by atoms with Crippen LogP contribution < -0.4 is 15.4 Å². The maximum absolute atomic E-state index is 13.2. The Hall–Kier alpha value is -3.95. The number of rotatable bonds is 3. The zero-order valence-electron chi connectivity index (χ0n) is 23.1. The summed E-state index contributed by atoms with van der Waals surface area (Å²) in [6.07, 6.45) is 2.27. The molecule has 40 heavy (non-hydrogen) atoms. The van der Waals surface area contributed by atoms with Crippen LogP contribution >= 0.6 is 11.3 Å². The van der Waals surface area contributed by atoms with E-state index >= 15 is 0 Å². The monoisotopic (exact) mass is 556 g/mol. The van der Waals surface area contributed by atoms with Gasteiger partial charge in [-0.3, -0.25) is 14.1 Å². The largest absolute Gasteiger partial charge is 0.443 e. The number of aromatic nitrogens is 2. The Morgan fingerprint density at radius 2 is 1.85 bits per heavy atom. The lowest BCUT2D eigenvalue weighted by Gasteiger charge is -2.24. The normalized spacial score (nSPS) is 14.6. The van der Waals surface area contributed by atoms with Crippen LogP contribution in [0.2, 0.25) is 0 Å². The second-order valence-corrected chi connectivity index (χ2v) is 12.1. The summed E-state index contributed by atoms with van der Waals surface area (Å²) >= 11 is 1.69. The molecule has 1 fully saturated rings. The van der Waals surface area contributed by atoms with Gasteiger partial charge in [-0.1, -0.05) is 18.2 Å². The lowest BCUT2D eigenvalue weighted by atomic mass is 10.0. The first-order valence-electron chi connectivity index (χ1n) is 13.5. The van der Waals surface area contributed by atoms with Crippen LogP contribution in [0.1, 0.15) is 27.2 Å². The van der Waals surface area contributed by atoms with E-state index in [0.717, 1.165) is 56.6 Å². The van der Waals surface area contributed by atoms with Gasteiger partial charge in [-0.05, 0) is 57.5 Å². The van der Waals surface area contributed by atoms with Gasteiger partial charge in [-0.25, -0.2) is 9.78 Å². The maximum atomic E-state index is 13.2. The highest BCUT2D eigenvalue weighted by molar-refractivity contribution is 7.26. The van der Waals surface area contributed by atoms with E-state index in [1.807, 2.05) is 57.2 Å². The molecule has 9 heteroatoms. The van der Waals surface area contributed by atoms with Crippen LogP contribution in [0, 0.1) is 0 Å². The molecule has 0 radical (unpaired) electrons. The van der Waals surface area contributed by atoms with Gasteiger partial charge >= 0.3 is 6.09 Å². The van der Waals surface area contributed by atoms with Gasteiger partial charge in [0.05, 0.1) is 6.61 Å². The molecule has 0 unspecified atom stereocenters. The minimum Gasteiger partial charge on any atom is -0.443 e. The van der Waals surface area contributed by atoms with Crippen LogP contribution in [0.25, 0.3) is 36.9 Å². The van der Waals surface area contributed by atoms with Crippen LogP contribution in [0.5, 0.6) is 0 Å². The number of carbonyl (C=O) groups excluding carboxylic acids is 1. The smallest absolute Gasteiger partial charge is 0.414 e. The van der Waals surface area contributed by atoms with Crippen molar-refractivity contribution in [3.63, 3.8) is 0 Å². The lowest BCUT2D eigenvalue weighted by Crippen LogP contribution is -2.34. The summed E-state index contributed by atoms with van der Waals surface area (Å²) in [7, 11) is 1.72. The van der Waals surface area contributed by atoms with Gasteiger partial charge in [-0.15, -0.1) is 11.3 Å². The van der Waals surface area contributed by atoms with Gasteiger partial charge in [0.1, 0.15) is 17.1 Å². The van der Waals surface area contributed by atoms with Gasteiger partial charge in [-0.2, -0.15) is 0 Å². The molecule has 2 aromatic carbocycles. The number of benzene rings is 2. The van der Waals surface area contributed by atoms with E-state index in [2.05, 4.69) is 17.0 Å². The molecule has 6 rings (SSSR count). The van der Waals surface area contributed by atoms with Crippen molar-refractivity contribution in [1.29, 1.82) is 0 Å². The van der Waals surface area contributed by atoms with E-state index in [-0.39, 0.29) is 5.56 Å². The summed E-state index contributed by atoms with van der Waals surface area (Å²) in [5.41, 5.74) is 2.62. The Morgan fingerprint density at radius 1 is 1.02 bits per heavy atom. The standard InChI is InChI=1S/C31H32N4O4S/c1-31(2,3)39-30(37)33(4)20-11-12-25-24(18-20)22-9-5-8-21(28(22)40-25)23-10-6-14-35-27(36)19-26(32-29(23)35)34-13-7-16-38-17-15-34/h5-6,8-12,14,18-19H,7,13,15-17H2,1-4H3. The molecule has 4 heterocycles. The first kappa shape index (κ1) is 26.3. The number of fused-ring (bicyclic) bond motifs is 4. The molecule has 0 aliphatic carbocycles. The van der Waals surface area contributed by atoms with Crippen LogP contribution in [0.3, 0.4) is 0 Å². The predicted octanol–water partition coefficient (Wildman–Crippen LogP) is 6.33. The number of nitrogens with zero attached hydrogens (tertiary/aromatic N) is 4. The topological polar surface area (TPSA) is 76.4 Å². The average Bonchev–Trinajstić information content (AvgIpc) is 3.09. The average molecular weight is 557 g/mol. The van der Waals surface area contributed by atoms with Gasteiger partial charge in [0, 0.05) is 76.0 Å².